The summed E-state index contributed by atoms with van der Waals surface area (Å²) in [6.07, 6.45) is 1.72. The van der Waals surface area contributed by atoms with Gasteiger partial charge in [-0.15, -0.1) is 0 Å². The summed E-state index contributed by atoms with van der Waals surface area (Å²) in [6, 6.07) is 6.11. The lowest BCUT2D eigenvalue weighted by molar-refractivity contribution is 0.428. The summed E-state index contributed by atoms with van der Waals surface area (Å²) in [4.78, 5) is 0. The van der Waals surface area contributed by atoms with Crippen LogP contribution in [0.25, 0.3) is 10.9 Å². The summed E-state index contributed by atoms with van der Waals surface area (Å²) in [5.74, 6) is 0. The number of benzene rings is 1. The van der Waals surface area contributed by atoms with Gasteiger partial charge >= 0.3 is 0 Å². The van der Waals surface area contributed by atoms with Gasteiger partial charge in [-0.05, 0) is 17.0 Å². The average Bonchev–Trinajstić information content (AvgIpc) is 2.48. The molecule has 2 heteroatoms. The monoisotopic (exact) mass is 175 g/mol. The van der Waals surface area contributed by atoms with Crippen LogP contribution in [0.3, 0.4) is 0 Å². The maximum Gasteiger partial charge on any atom is 0.131 e. The molecule has 0 aliphatic rings. The molecule has 1 heterocycles. The van der Waals surface area contributed by atoms with Crippen LogP contribution in [0.4, 0.5) is 0 Å². The highest BCUT2D eigenvalue weighted by atomic mass is 16.5. The Hall–Kier alpha value is -1.31. The SMILES string of the molecule is CC(C)(C)c1cccc2nocc12. The van der Waals surface area contributed by atoms with Crippen LogP contribution in [0.2, 0.25) is 0 Å². The molecule has 0 radical (unpaired) electrons. The van der Waals surface area contributed by atoms with Crippen molar-refractivity contribution in [2.75, 3.05) is 0 Å². The van der Waals surface area contributed by atoms with Crippen LogP contribution in [0, 0.1) is 0 Å². The highest BCUT2D eigenvalue weighted by Gasteiger charge is 2.17. The first-order chi connectivity index (χ1) is 6.09. The molecule has 0 saturated carbocycles. The Labute approximate surface area is 77.5 Å². The van der Waals surface area contributed by atoms with E-state index in [1.165, 1.54) is 5.56 Å². The van der Waals surface area contributed by atoms with Gasteiger partial charge in [0.05, 0.1) is 0 Å². The fraction of sp³-hybridized carbons (Fsp3) is 0.364. The van der Waals surface area contributed by atoms with E-state index in [0.29, 0.717) is 0 Å². The van der Waals surface area contributed by atoms with Gasteiger partial charge in [-0.2, -0.15) is 0 Å². The van der Waals surface area contributed by atoms with Gasteiger partial charge in [0.1, 0.15) is 11.8 Å². The highest BCUT2D eigenvalue weighted by Crippen LogP contribution is 2.28. The zero-order valence-electron chi connectivity index (χ0n) is 8.16. The van der Waals surface area contributed by atoms with Crippen LogP contribution < -0.4 is 0 Å². The van der Waals surface area contributed by atoms with Gasteiger partial charge in [0.15, 0.2) is 0 Å². The number of rotatable bonds is 0. The van der Waals surface area contributed by atoms with E-state index in [-0.39, 0.29) is 5.41 Å². The third kappa shape index (κ3) is 1.32. The Bertz CT molecular complexity index is 423. The van der Waals surface area contributed by atoms with Crippen LogP contribution in [0.1, 0.15) is 26.3 Å². The molecule has 0 N–H and O–H groups in total. The van der Waals surface area contributed by atoms with Crippen molar-refractivity contribution in [1.82, 2.24) is 5.16 Å². The first kappa shape index (κ1) is 8.30. The standard InChI is InChI=1S/C11H13NO/c1-11(2,3)9-5-4-6-10-8(9)7-13-12-10/h4-7H,1-3H3. The van der Waals surface area contributed by atoms with Crippen LogP contribution in [-0.4, -0.2) is 5.16 Å². The zero-order valence-corrected chi connectivity index (χ0v) is 8.16. The second-order valence-corrected chi connectivity index (χ2v) is 4.30. The van der Waals surface area contributed by atoms with E-state index >= 15 is 0 Å². The third-order valence-corrected chi connectivity index (χ3v) is 2.21. The number of hydrogen-bond acceptors (Lipinski definition) is 2. The maximum absolute atomic E-state index is 4.95. The molecule has 2 aromatic rings. The molecule has 0 bridgehead atoms. The first-order valence-corrected chi connectivity index (χ1v) is 4.42. The molecular weight excluding hydrogens is 162 g/mol. The predicted octanol–water partition coefficient (Wildman–Crippen LogP) is 3.13. The molecule has 0 aliphatic carbocycles. The van der Waals surface area contributed by atoms with Gasteiger partial charge < -0.3 is 4.52 Å². The van der Waals surface area contributed by atoms with Gasteiger partial charge in [-0.1, -0.05) is 38.1 Å². The molecule has 0 atom stereocenters. The van der Waals surface area contributed by atoms with Gasteiger partial charge in [0.2, 0.25) is 0 Å². The Balaban J connectivity index is 2.75. The van der Waals surface area contributed by atoms with E-state index in [9.17, 15) is 0 Å². The molecule has 0 aliphatic heterocycles. The summed E-state index contributed by atoms with van der Waals surface area (Å²) in [7, 11) is 0. The molecule has 0 saturated heterocycles. The summed E-state index contributed by atoms with van der Waals surface area (Å²) in [5, 5.41) is 5.04. The van der Waals surface area contributed by atoms with Crippen LogP contribution in [0.5, 0.6) is 0 Å². The van der Waals surface area contributed by atoms with Crippen LogP contribution >= 0.6 is 0 Å². The first-order valence-electron chi connectivity index (χ1n) is 4.42. The summed E-state index contributed by atoms with van der Waals surface area (Å²) in [5.41, 5.74) is 2.36. The molecule has 1 aromatic carbocycles. The molecule has 13 heavy (non-hydrogen) atoms. The lowest BCUT2D eigenvalue weighted by Gasteiger charge is -2.19. The summed E-state index contributed by atoms with van der Waals surface area (Å²) >= 11 is 0. The Morgan fingerprint density at radius 2 is 2.00 bits per heavy atom. The van der Waals surface area contributed by atoms with Gasteiger partial charge in [-0.3, -0.25) is 0 Å². The lowest BCUT2D eigenvalue weighted by atomic mass is 9.85. The number of hydrogen-bond donors (Lipinski definition) is 0. The molecule has 0 amide bonds. The minimum Gasteiger partial charge on any atom is -0.363 e. The van der Waals surface area contributed by atoms with Gasteiger partial charge in [-0.25, -0.2) is 0 Å². The van der Waals surface area contributed by atoms with E-state index in [4.69, 9.17) is 4.52 Å². The van der Waals surface area contributed by atoms with Crippen LogP contribution in [0.15, 0.2) is 29.0 Å². The van der Waals surface area contributed by atoms with Crippen molar-refractivity contribution in [3.05, 3.63) is 30.0 Å². The summed E-state index contributed by atoms with van der Waals surface area (Å²) < 4.78 is 4.95. The van der Waals surface area contributed by atoms with Gasteiger partial charge in [0, 0.05) is 5.39 Å². The van der Waals surface area contributed by atoms with E-state index in [1.54, 1.807) is 6.26 Å². The lowest BCUT2D eigenvalue weighted by Crippen LogP contribution is -2.10. The fourth-order valence-corrected chi connectivity index (χ4v) is 1.55. The smallest absolute Gasteiger partial charge is 0.131 e. The third-order valence-electron chi connectivity index (χ3n) is 2.21. The Morgan fingerprint density at radius 3 is 2.69 bits per heavy atom. The topological polar surface area (TPSA) is 26.0 Å². The fourth-order valence-electron chi connectivity index (χ4n) is 1.55. The molecule has 0 unspecified atom stereocenters. The quantitative estimate of drug-likeness (QED) is 0.614. The van der Waals surface area contributed by atoms with Crippen molar-refractivity contribution in [3.63, 3.8) is 0 Å². The second kappa shape index (κ2) is 2.59. The normalized spacial score (nSPS) is 12.2. The van der Waals surface area contributed by atoms with E-state index < -0.39 is 0 Å². The largest absolute Gasteiger partial charge is 0.363 e. The number of fused-ring (bicyclic) bond motifs is 1. The number of nitrogens with zero attached hydrogens (tertiary/aromatic N) is 1. The van der Waals surface area contributed by atoms with E-state index in [2.05, 4.69) is 32.0 Å². The molecule has 2 rings (SSSR count). The van der Waals surface area contributed by atoms with Gasteiger partial charge in [0.25, 0.3) is 0 Å². The zero-order chi connectivity index (χ0) is 9.47. The van der Waals surface area contributed by atoms with E-state index in [1.807, 2.05) is 12.1 Å². The highest BCUT2D eigenvalue weighted by molar-refractivity contribution is 5.81. The van der Waals surface area contributed by atoms with Crippen molar-refractivity contribution in [2.24, 2.45) is 0 Å². The predicted molar refractivity (Wildman–Crippen MR) is 52.7 cm³/mol. The molecule has 68 valence electrons. The molecule has 0 fully saturated rings. The molecule has 1 aromatic heterocycles. The molecule has 0 spiro atoms. The van der Waals surface area contributed by atoms with Crippen LogP contribution in [-0.2, 0) is 5.41 Å². The minimum atomic E-state index is 0.144. The van der Waals surface area contributed by atoms with Crippen molar-refractivity contribution < 1.29 is 4.52 Å². The van der Waals surface area contributed by atoms with E-state index in [0.717, 1.165) is 10.9 Å². The minimum absolute atomic E-state index is 0.144. The Morgan fingerprint density at radius 1 is 1.23 bits per heavy atom. The maximum atomic E-state index is 4.95. The molecule has 2 nitrogen and oxygen atoms in total. The van der Waals surface area contributed by atoms with Crippen molar-refractivity contribution >= 4 is 10.9 Å². The average molecular weight is 175 g/mol. The van der Waals surface area contributed by atoms with Crippen molar-refractivity contribution in [2.45, 2.75) is 26.2 Å². The van der Waals surface area contributed by atoms with Crippen molar-refractivity contribution in [3.8, 4) is 0 Å². The van der Waals surface area contributed by atoms with Crippen molar-refractivity contribution in [1.29, 1.82) is 0 Å². The molecular formula is C11H13NO. The number of aromatic nitrogens is 1. The second-order valence-electron chi connectivity index (χ2n) is 4.30. The Kier molecular flexibility index (Phi) is 1.65. The summed E-state index contributed by atoms with van der Waals surface area (Å²) in [6.45, 7) is 6.57.